The van der Waals surface area contributed by atoms with E-state index in [0.717, 1.165) is 38.5 Å². The van der Waals surface area contributed by atoms with Crippen LogP contribution in [0.5, 0.6) is 0 Å². The van der Waals surface area contributed by atoms with Gasteiger partial charge < -0.3 is 0 Å². The fraction of sp³-hybridized carbons (Fsp3) is 0.467. The lowest BCUT2D eigenvalue weighted by Crippen LogP contribution is -2.35. The first-order valence-electron chi connectivity index (χ1n) is 6.76. The van der Waals surface area contributed by atoms with Gasteiger partial charge >= 0.3 is 0 Å². The SMILES string of the molecule is C=CCN1CCC(C(N=O)c2ccc(F)cc2F)CC1. The molecule has 0 saturated carbocycles. The van der Waals surface area contributed by atoms with Crippen molar-refractivity contribution in [2.75, 3.05) is 19.6 Å². The topological polar surface area (TPSA) is 32.7 Å². The minimum Gasteiger partial charge on any atom is -0.300 e. The van der Waals surface area contributed by atoms with E-state index in [1.165, 1.54) is 12.1 Å². The van der Waals surface area contributed by atoms with Crippen LogP contribution in [-0.4, -0.2) is 24.5 Å². The van der Waals surface area contributed by atoms with E-state index in [1.54, 1.807) is 0 Å². The molecule has 1 fully saturated rings. The lowest BCUT2D eigenvalue weighted by molar-refractivity contribution is 0.182. The molecule has 1 heterocycles. The maximum absolute atomic E-state index is 13.8. The molecule has 0 spiro atoms. The van der Waals surface area contributed by atoms with E-state index < -0.39 is 17.7 Å². The van der Waals surface area contributed by atoms with E-state index in [0.29, 0.717) is 0 Å². The number of nitroso groups, excluding NO2 is 1. The zero-order valence-corrected chi connectivity index (χ0v) is 11.3. The summed E-state index contributed by atoms with van der Waals surface area (Å²) in [6.07, 6.45) is 3.40. The lowest BCUT2D eigenvalue weighted by atomic mass is 9.85. The van der Waals surface area contributed by atoms with Gasteiger partial charge in [-0.25, -0.2) is 8.78 Å². The van der Waals surface area contributed by atoms with Crippen LogP contribution in [0.15, 0.2) is 36.0 Å². The van der Waals surface area contributed by atoms with Gasteiger partial charge in [-0.05, 0) is 37.9 Å². The van der Waals surface area contributed by atoms with Crippen molar-refractivity contribution in [3.8, 4) is 0 Å². The Morgan fingerprint density at radius 1 is 1.40 bits per heavy atom. The van der Waals surface area contributed by atoms with Crippen LogP contribution in [0.4, 0.5) is 8.78 Å². The number of likely N-dealkylation sites (tertiary alicyclic amines) is 1. The molecule has 1 atom stereocenters. The van der Waals surface area contributed by atoms with Crippen molar-refractivity contribution in [3.63, 3.8) is 0 Å². The minimum absolute atomic E-state index is 0.00789. The van der Waals surface area contributed by atoms with E-state index in [-0.39, 0.29) is 11.5 Å². The van der Waals surface area contributed by atoms with Gasteiger partial charge in [0.25, 0.3) is 0 Å². The molecule has 0 N–H and O–H groups in total. The Kier molecular flexibility index (Phi) is 4.95. The van der Waals surface area contributed by atoms with Crippen LogP contribution < -0.4 is 0 Å². The average molecular weight is 280 g/mol. The molecule has 0 amide bonds. The third-order valence-corrected chi connectivity index (χ3v) is 3.86. The number of hydrogen-bond donors (Lipinski definition) is 0. The Balaban J connectivity index is 2.09. The van der Waals surface area contributed by atoms with Crippen LogP contribution in [-0.2, 0) is 0 Å². The van der Waals surface area contributed by atoms with Gasteiger partial charge in [-0.15, -0.1) is 6.58 Å². The van der Waals surface area contributed by atoms with E-state index >= 15 is 0 Å². The maximum atomic E-state index is 13.8. The summed E-state index contributed by atoms with van der Waals surface area (Å²) in [7, 11) is 0. The molecule has 0 bridgehead atoms. The second-order valence-electron chi connectivity index (χ2n) is 5.14. The first-order valence-corrected chi connectivity index (χ1v) is 6.76. The van der Waals surface area contributed by atoms with Crippen molar-refractivity contribution in [2.24, 2.45) is 11.1 Å². The molecule has 5 heteroatoms. The molecular weight excluding hydrogens is 262 g/mol. The van der Waals surface area contributed by atoms with Gasteiger partial charge in [0, 0.05) is 18.2 Å². The summed E-state index contributed by atoms with van der Waals surface area (Å²) < 4.78 is 26.7. The number of piperidine rings is 1. The molecule has 1 unspecified atom stereocenters. The Labute approximate surface area is 117 Å². The highest BCUT2D eigenvalue weighted by molar-refractivity contribution is 5.23. The molecule has 0 aromatic heterocycles. The van der Waals surface area contributed by atoms with Crippen LogP contribution in [0.25, 0.3) is 0 Å². The van der Waals surface area contributed by atoms with Crippen LogP contribution in [0.2, 0.25) is 0 Å². The molecular formula is C15H18F2N2O. The monoisotopic (exact) mass is 280 g/mol. The van der Waals surface area contributed by atoms with E-state index in [2.05, 4.69) is 16.7 Å². The highest BCUT2D eigenvalue weighted by atomic mass is 19.1. The van der Waals surface area contributed by atoms with Gasteiger partial charge in [0.05, 0.1) is 0 Å². The quantitative estimate of drug-likeness (QED) is 0.609. The van der Waals surface area contributed by atoms with Crippen LogP contribution in [0, 0.1) is 22.5 Å². The maximum Gasteiger partial charge on any atom is 0.131 e. The predicted octanol–water partition coefficient (Wildman–Crippen LogP) is 3.67. The Hall–Kier alpha value is -1.62. The standard InChI is InChI=1S/C15H18F2N2O/c1-2-7-19-8-5-11(6-9-19)15(18-20)13-4-3-12(16)10-14(13)17/h2-4,10-11,15H,1,5-9H2. The molecule has 1 aromatic rings. The second kappa shape index (κ2) is 6.70. The molecule has 2 rings (SSSR count). The van der Waals surface area contributed by atoms with Crippen LogP contribution >= 0.6 is 0 Å². The molecule has 1 aromatic carbocycles. The Morgan fingerprint density at radius 2 is 2.10 bits per heavy atom. The van der Waals surface area contributed by atoms with Crippen molar-refractivity contribution in [1.29, 1.82) is 0 Å². The molecule has 108 valence electrons. The molecule has 1 saturated heterocycles. The zero-order chi connectivity index (χ0) is 14.5. The summed E-state index contributed by atoms with van der Waals surface area (Å²) in [4.78, 5) is 13.3. The van der Waals surface area contributed by atoms with E-state index in [1.807, 2.05) is 6.08 Å². The fourth-order valence-electron chi connectivity index (χ4n) is 2.77. The minimum atomic E-state index is -0.735. The van der Waals surface area contributed by atoms with Crippen LogP contribution in [0.3, 0.4) is 0 Å². The van der Waals surface area contributed by atoms with Crippen molar-refractivity contribution >= 4 is 0 Å². The molecule has 0 radical (unpaired) electrons. The van der Waals surface area contributed by atoms with E-state index in [4.69, 9.17) is 0 Å². The number of nitrogens with zero attached hydrogens (tertiary/aromatic N) is 2. The number of hydrogen-bond acceptors (Lipinski definition) is 3. The molecule has 3 nitrogen and oxygen atoms in total. The smallest absolute Gasteiger partial charge is 0.131 e. The van der Waals surface area contributed by atoms with Crippen LogP contribution in [0.1, 0.15) is 24.4 Å². The first-order chi connectivity index (χ1) is 9.65. The fourth-order valence-corrected chi connectivity index (χ4v) is 2.77. The van der Waals surface area contributed by atoms with Gasteiger partial charge in [-0.2, -0.15) is 4.91 Å². The van der Waals surface area contributed by atoms with E-state index in [9.17, 15) is 13.7 Å². The summed E-state index contributed by atoms with van der Waals surface area (Å²) in [5.41, 5.74) is 0.198. The molecule has 1 aliphatic heterocycles. The molecule has 0 aliphatic carbocycles. The van der Waals surface area contributed by atoms with Gasteiger partial charge in [-0.3, -0.25) is 4.90 Å². The second-order valence-corrected chi connectivity index (χ2v) is 5.14. The summed E-state index contributed by atoms with van der Waals surface area (Å²) in [6, 6.07) is 2.57. The van der Waals surface area contributed by atoms with Crippen molar-refractivity contribution in [2.45, 2.75) is 18.9 Å². The first kappa shape index (κ1) is 14.8. The van der Waals surface area contributed by atoms with Crippen molar-refractivity contribution < 1.29 is 8.78 Å². The third-order valence-electron chi connectivity index (χ3n) is 3.86. The summed E-state index contributed by atoms with van der Waals surface area (Å²) in [5, 5.41) is 3.09. The van der Waals surface area contributed by atoms with Gasteiger partial charge in [0.2, 0.25) is 0 Å². The van der Waals surface area contributed by atoms with Crippen molar-refractivity contribution in [1.82, 2.24) is 4.90 Å². The van der Waals surface area contributed by atoms with Gasteiger partial charge in [-0.1, -0.05) is 17.3 Å². The number of benzene rings is 1. The van der Waals surface area contributed by atoms with Gasteiger partial charge in [0.15, 0.2) is 0 Å². The highest BCUT2D eigenvalue weighted by Crippen LogP contribution is 2.35. The Morgan fingerprint density at radius 3 is 2.65 bits per heavy atom. The van der Waals surface area contributed by atoms with Crippen molar-refractivity contribution in [3.05, 3.63) is 53.0 Å². The summed E-state index contributed by atoms with van der Waals surface area (Å²) >= 11 is 0. The Bertz CT molecular complexity index is 485. The highest BCUT2D eigenvalue weighted by Gasteiger charge is 2.30. The largest absolute Gasteiger partial charge is 0.300 e. The average Bonchev–Trinajstić information content (AvgIpc) is 2.44. The summed E-state index contributed by atoms with van der Waals surface area (Å²) in [6.45, 7) is 6.19. The third kappa shape index (κ3) is 3.28. The lowest BCUT2D eigenvalue weighted by Gasteiger charge is -2.33. The number of halogens is 2. The normalized spacial score (nSPS) is 18.7. The predicted molar refractivity (Wildman–Crippen MR) is 74.3 cm³/mol. The summed E-state index contributed by atoms with van der Waals surface area (Å²) in [5.74, 6) is -1.33. The van der Waals surface area contributed by atoms with Gasteiger partial charge in [0.1, 0.15) is 17.7 Å². The zero-order valence-electron chi connectivity index (χ0n) is 11.3. The molecule has 1 aliphatic rings. The number of rotatable bonds is 5. The molecule has 20 heavy (non-hydrogen) atoms.